The second-order valence-corrected chi connectivity index (χ2v) is 3.26. The summed E-state index contributed by atoms with van der Waals surface area (Å²) in [6, 6.07) is 0. The molecule has 5 heteroatoms. The summed E-state index contributed by atoms with van der Waals surface area (Å²) in [7, 11) is 3.86. The molecule has 1 rings (SSSR count). The first-order valence-corrected chi connectivity index (χ1v) is 4.35. The van der Waals surface area contributed by atoms with Crippen LogP contribution in [0.5, 0.6) is 0 Å². The van der Waals surface area contributed by atoms with E-state index in [0.717, 1.165) is 25.2 Å². The second kappa shape index (κ2) is 4.37. The fourth-order valence-electron chi connectivity index (χ4n) is 1.07. The Balaban J connectivity index is 2.33. The van der Waals surface area contributed by atoms with Crippen molar-refractivity contribution in [2.45, 2.75) is 6.42 Å². The van der Waals surface area contributed by atoms with Crippen molar-refractivity contribution >= 4 is 23.0 Å². The molecule has 2 N–H and O–H groups in total. The van der Waals surface area contributed by atoms with E-state index in [0.29, 0.717) is 5.11 Å². The van der Waals surface area contributed by atoms with Gasteiger partial charge in [0.05, 0.1) is 5.71 Å². The first-order valence-electron chi connectivity index (χ1n) is 3.94. The largest absolute Gasteiger partial charge is 0.364 e. The summed E-state index contributed by atoms with van der Waals surface area (Å²) in [5, 5.41) is 7.53. The van der Waals surface area contributed by atoms with Crippen LogP contribution in [0.15, 0.2) is 5.10 Å². The van der Waals surface area contributed by atoms with Gasteiger partial charge in [0.25, 0.3) is 0 Å². The molecule has 0 aromatic carbocycles. The molecule has 4 nitrogen and oxygen atoms in total. The van der Waals surface area contributed by atoms with Gasteiger partial charge in [-0.2, -0.15) is 5.10 Å². The smallest absolute Gasteiger partial charge is 0.186 e. The summed E-state index contributed by atoms with van der Waals surface area (Å²) in [5.74, 6) is 0. The van der Waals surface area contributed by atoms with Crippen LogP contribution < -0.4 is 10.7 Å². The average Bonchev–Trinajstić information content (AvgIpc) is 2.47. The van der Waals surface area contributed by atoms with Crippen molar-refractivity contribution in [2.75, 3.05) is 27.2 Å². The van der Waals surface area contributed by atoms with Crippen molar-refractivity contribution in [1.82, 2.24) is 15.6 Å². The van der Waals surface area contributed by atoms with E-state index in [1.807, 2.05) is 0 Å². The first-order chi connectivity index (χ1) is 5.72. The van der Waals surface area contributed by atoms with Crippen molar-refractivity contribution in [3.8, 4) is 0 Å². The summed E-state index contributed by atoms with van der Waals surface area (Å²) < 4.78 is 0. The third kappa shape index (κ3) is 2.75. The van der Waals surface area contributed by atoms with Gasteiger partial charge in [-0.1, -0.05) is 0 Å². The lowest BCUT2D eigenvalue weighted by Crippen LogP contribution is -2.29. The summed E-state index contributed by atoms with van der Waals surface area (Å²) in [5.41, 5.74) is 3.94. The van der Waals surface area contributed by atoms with E-state index in [2.05, 4.69) is 27.8 Å². The van der Waals surface area contributed by atoms with Gasteiger partial charge in [-0.25, -0.2) is 0 Å². The number of hydrogen-bond acceptors (Lipinski definition) is 3. The molecular formula is C7H14N4S. The molecule has 0 aromatic heterocycles. The first kappa shape index (κ1) is 9.41. The van der Waals surface area contributed by atoms with Crippen molar-refractivity contribution in [2.24, 2.45) is 5.10 Å². The Morgan fingerprint density at radius 1 is 1.67 bits per heavy atom. The lowest BCUT2D eigenvalue weighted by Gasteiger charge is -2.03. The average molecular weight is 186 g/mol. The molecule has 1 aliphatic rings. The van der Waals surface area contributed by atoms with E-state index in [4.69, 9.17) is 12.2 Å². The molecule has 1 fully saturated rings. The highest BCUT2D eigenvalue weighted by Gasteiger charge is 2.13. The number of nitrogens with one attached hydrogen (secondary N) is 2. The highest BCUT2D eigenvalue weighted by molar-refractivity contribution is 7.80. The van der Waals surface area contributed by atoms with Gasteiger partial charge in [0, 0.05) is 26.6 Å². The minimum absolute atomic E-state index is 0.567. The Kier molecular flexibility index (Phi) is 3.43. The fraction of sp³-hybridized carbons (Fsp3) is 0.714. The van der Waals surface area contributed by atoms with Crippen LogP contribution >= 0.6 is 12.2 Å². The molecule has 0 amide bonds. The number of likely N-dealkylation sites (tertiary alicyclic amines) is 1. The van der Waals surface area contributed by atoms with E-state index in [1.54, 1.807) is 7.05 Å². The Labute approximate surface area is 78.0 Å². The van der Waals surface area contributed by atoms with Crippen LogP contribution in [0.25, 0.3) is 0 Å². The molecule has 0 atom stereocenters. The van der Waals surface area contributed by atoms with Gasteiger partial charge in [-0.15, -0.1) is 0 Å². The van der Waals surface area contributed by atoms with Crippen LogP contribution in [0, 0.1) is 0 Å². The van der Waals surface area contributed by atoms with E-state index < -0.39 is 0 Å². The predicted octanol–water partition coefficient (Wildman–Crippen LogP) is -0.228. The summed E-state index contributed by atoms with van der Waals surface area (Å²) >= 11 is 4.88. The molecule has 0 saturated carbocycles. The number of nitrogens with zero attached hydrogens (tertiary/aromatic N) is 2. The normalized spacial score (nSPS) is 21.3. The van der Waals surface area contributed by atoms with E-state index in [-0.39, 0.29) is 0 Å². The van der Waals surface area contributed by atoms with E-state index in [1.165, 1.54) is 0 Å². The van der Waals surface area contributed by atoms with Gasteiger partial charge in [-0.3, -0.25) is 5.43 Å². The van der Waals surface area contributed by atoms with Crippen molar-refractivity contribution < 1.29 is 0 Å². The molecule has 0 aliphatic carbocycles. The number of rotatable bonds is 1. The van der Waals surface area contributed by atoms with Crippen molar-refractivity contribution in [1.29, 1.82) is 0 Å². The molecule has 0 bridgehead atoms. The second-order valence-electron chi connectivity index (χ2n) is 2.86. The fourth-order valence-corrected chi connectivity index (χ4v) is 1.11. The van der Waals surface area contributed by atoms with E-state index >= 15 is 0 Å². The molecule has 0 spiro atoms. The zero-order chi connectivity index (χ0) is 8.97. The molecule has 1 saturated heterocycles. The summed E-state index contributed by atoms with van der Waals surface area (Å²) in [6.45, 7) is 2.03. The van der Waals surface area contributed by atoms with Crippen LogP contribution in [-0.2, 0) is 0 Å². The summed E-state index contributed by atoms with van der Waals surface area (Å²) in [6.07, 6.45) is 1.04. The standard InChI is InChI=1S/C7H14N4S/c1-8-7(12)10-9-6-3-4-11(2)5-6/h3-5H2,1-2H3,(H2,8,10,12)/b9-6-. The lowest BCUT2D eigenvalue weighted by atomic mass is 10.3. The lowest BCUT2D eigenvalue weighted by molar-refractivity contribution is 0.428. The molecule has 0 aromatic rings. The number of thiocarbonyl (C=S) groups is 1. The summed E-state index contributed by atoms with van der Waals surface area (Å²) in [4.78, 5) is 2.23. The maximum Gasteiger partial charge on any atom is 0.186 e. The SMILES string of the molecule is CNC(=S)N/N=C1/CCN(C)C1. The van der Waals surface area contributed by atoms with Crippen LogP contribution in [0.1, 0.15) is 6.42 Å². The maximum absolute atomic E-state index is 4.88. The zero-order valence-corrected chi connectivity index (χ0v) is 8.24. The highest BCUT2D eigenvalue weighted by atomic mass is 32.1. The number of hydrogen-bond donors (Lipinski definition) is 2. The molecule has 0 radical (unpaired) electrons. The Bertz CT molecular complexity index is 202. The third-order valence-corrected chi connectivity index (χ3v) is 2.07. The quantitative estimate of drug-likeness (QED) is 0.438. The van der Waals surface area contributed by atoms with Gasteiger partial charge < -0.3 is 10.2 Å². The monoisotopic (exact) mass is 186 g/mol. The van der Waals surface area contributed by atoms with Gasteiger partial charge >= 0.3 is 0 Å². The molecular weight excluding hydrogens is 172 g/mol. The Morgan fingerprint density at radius 3 is 2.92 bits per heavy atom. The van der Waals surface area contributed by atoms with Gasteiger partial charge in [0.15, 0.2) is 5.11 Å². The molecule has 1 heterocycles. The molecule has 1 aliphatic heterocycles. The number of hydrazone groups is 1. The van der Waals surface area contributed by atoms with Gasteiger partial charge in [-0.05, 0) is 19.3 Å². The van der Waals surface area contributed by atoms with Crippen molar-refractivity contribution in [3.63, 3.8) is 0 Å². The minimum Gasteiger partial charge on any atom is -0.364 e. The molecule has 12 heavy (non-hydrogen) atoms. The zero-order valence-electron chi connectivity index (χ0n) is 7.42. The maximum atomic E-state index is 4.88. The third-order valence-electron chi connectivity index (χ3n) is 1.78. The van der Waals surface area contributed by atoms with Crippen LogP contribution in [0.3, 0.4) is 0 Å². The predicted molar refractivity (Wildman–Crippen MR) is 54.3 cm³/mol. The van der Waals surface area contributed by atoms with Gasteiger partial charge in [0.2, 0.25) is 0 Å². The van der Waals surface area contributed by atoms with Crippen LogP contribution in [-0.4, -0.2) is 42.9 Å². The molecule has 0 unspecified atom stereocenters. The van der Waals surface area contributed by atoms with Gasteiger partial charge in [0.1, 0.15) is 0 Å². The Morgan fingerprint density at radius 2 is 2.42 bits per heavy atom. The topological polar surface area (TPSA) is 39.7 Å². The minimum atomic E-state index is 0.567. The highest BCUT2D eigenvalue weighted by Crippen LogP contribution is 2.01. The molecule has 68 valence electrons. The van der Waals surface area contributed by atoms with Crippen LogP contribution in [0.4, 0.5) is 0 Å². The van der Waals surface area contributed by atoms with E-state index in [9.17, 15) is 0 Å². The van der Waals surface area contributed by atoms with Crippen LogP contribution in [0.2, 0.25) is 0 Å². The van der Waals surface area contributed by atoms with Crippen molar-refractivity contribution in [3.05, 3.63) is 0 Å². The Hall–Kier alpha value is -0.680.